The number of benzene rings is 1. The average Bonchev–Trinajstić information content (AvgIpc) is 3.27. The molecule has 0 radical (unpaired) electrons. The number of nitro benzene ring substituents is 1. The summed E-state index contributed by atoms with van der Waals surface area (Å²) in [4.78, 5) is 26.0. The summed E-state index contributed by atoms with van der Waals surface area (Å²) in [7, 11) is 0. The number of non-ortho nitro benzene ring substituents is 1. The van der Waals surface area contributed by atoms with E-state index in [9.17, 15) is 14.9 Å². The summed E-state index contributed by atoms with van der Waals surface area (Å²) in [6, 6.07) is 9.71. The Hall–Kier alpha value is -2.25. The fraction of sp³-hybridized carbons (Fsp3) is 0.353. The minimum Gasteiger partial charge on any atom is -0.376 e. The highest BCUT2D eigenvalue weighted by molar-refractivity contribution is 7.09. The van der Waals surface area contributed by atoms with Gasteiger partial charge in [0, 0.05) is 35.7 Å². The lowest BCUT2D eigenvalue weighted by Gasteiger charge is -2.25. The molecule has 7 heteroatoms. The van der Waals surface area contributed by atoms with Crippen molar-refractivity contribution in [1.29, 1.82) is 0 Å². The maximum atomic E-state index is 12.8. The molecule has 3 rings (SSSR count). The predicted octanol–water partition coefficient (Wildman–Crippen LogP) is 3.48. The highest BCUT2D eigenvalue weighted by Gasteiger charge is 2.24. The molecule has 1 aromatic carbocycles. The average molecular weight is 346 g/mol. The first kappa shape index (κ1) is 16.6. The molecule has 24 heavy (non-hydrogen) atoms. The molecule has 1 fully saturated rings. The van der Waals surface area contributed by atoms with Gasteiger partial charge in [-0.2, -0.15) is 0 Å². The van der Waals surface area contributed by atoms with Gasteiger partial charge < -0.3 is 9.64 Å². The van der Waals surface area contributed by atoms with Crippen LogP contribution in [0.5, 0.6) is 0 Å². The van der Waals surface area contributed by atoms with Gasteiger partial charge in [-0.3, -0.25) is 14.9 Å². The summed E-state index contributed by atoms with van der Waals surface area (Å²) < 4.78 is 5.66. The van der Waals surface area contributed by atoms with E-state index in [-0.39, 0.29) is 17.7 Å². The van der Waals surface area contributed by atoms with Gasteiger partial charge in [0.2, 0.25) is 0 Å². The van der Waals surface area contributed by atoms with Gasteiger partial charge in [-0.05, 0) is 36.4 Å². The predicted molar refractivity (Wildman–Crippen MR) is 91.1 cm³/mol. The van der Waals surface area contributed by atoms with E-state index in [4.69, 9.17) is 4.74 Å². The molecular formula is C17H18N2O4S. The van der Waals surface area contributed by atoms with Crippen molar-refractivity contribution in [2.75, 3.05) is 13.2 Å². The second-order valence-corrected chi connectivity index (χ2v) is 6.74. The van der Waals surface area contributed by atoms with Crippen LogP contribution in [0.1, 0.15) is 28.1 Å². The van der Waals surface area contributed by atoms with Crippen molar-refractivity contribution >= 4 is 22.9 Å². The first-order valence-electron chi connectivity index (χ1n) is 7.81. The molecule has 1 aliphatic heterocycles. The minimum absolute atomic E-state index is 0.0181. The van der Waals surface area contributed by atoms with E-state index >= 15 is 0 Å². The Kier molecular flexibility index (Phi) is 5.22. The number of hydrogen-bond donors (Lipinski definition) is 0. The molecule has 1 saturated heterocycles. The number of hydrogen-bond acceptors (Lipinski definition) is 5. The van der Waals surface area contributed by atoms with Gasteiger partial charge in [0.15, 0.2) is 0 Å². The number of carbonyl (C=O) groups excluding carboxylic acids is 1. The standard InChI is InChI=1S/C17H18N2O4S/c20-17(13-5-7-14(8-6-13)19(21)22)18(11-15-3-1-9-23-15)12-16-4-2-10-24-16/h2,4-8,10,15H,1,3,9,11-12H2. The van der Waals surface area contributed by atoms with Crippen LogP contribution in [-0.4, -0.2) is 35.0 Å². The smallest absolute Gasteiger partial charge is 0.269 e. The summed E-state index contributed by atoms with van der Waals surface area (Å²) in [6.45, 7) is 1.80. The number of nitro groups is 1. The molecule has 126 valence electrons. The fourth-order valence-electron chi connectivity index (χ4n) is 2.75. The Morgan fingerprint density at radius 2 is 2.12 bits per heavy atom. The Balaban J connectivity index is 1.77. The first-order chi connectivity index (χ1) is 11.6. The number of rotatable bonds is 6. The van der Waals surface area contributed by atoms with Crippen molar-refractivity contribution in [3.05, 3.63) is 62.3 Å². The van der Waals surface area contributed by atoms with Crippen LogP contribution in [0.4, 0.5) is 5.69 Å². The molecule has 6 nitrogen and oxygen atoms in total. The minimum atomic E-state index is -0.468. The van der Waals surface area contributed by atoms with Gasteiger partial charge in [-0.15, -0.1) is 11.3 Å². The summed E-state index contributed by atoms with van der Waals surface area (Å²) >= 11 is 1.60. The van der Waals surface area contributed by atoms with Crippen LogP contribution in [0.2, 0.25) is 0 Å². The van der Waals surface area contributed by atoms with Crippen molar-refractivity contribution in [2.24, 2.45) is 0 Å². The quantitative estimate of drug-likeness (QED) is 0.593. The van der Waals surface area contributed by atoms with E-state index < -0.39 is 4.92 Å². The molecule has 0 aliphatic carbocycles. The van der Waals surface area contributed by atoms with Gasteiger partial charge >= 0.3 is 0 Å². The summed E-state index contributed by atoms with van der Waals surface area (Å²) in [6.07, 6.45) is 2.03. The van der Waals surface area contributed by atoms with Crippen LogP contribution in [0, 0.1) is 10.1 Å². The highest BCUT2D eigenvalue weighted by atomic mass is 32.1. The van der Waals surface area contributed by atoms with Crippen LogP contribution < -0.4 is 0 Å². The van der Waals surface area contributed by atoms with E-state index in [2.05, 4.69) is 0 Å². The molecule has 1 aliphatic rings. The topological polar surface area (TPSA) is 72.7 Å². The van der Waals surface area contributed by atoms with Crippen molar-refractivity contribution < 1.29 is 14.5 Å². The summed E-state index contributed by atoms with van der Waals surface area (Å²) in [5.41, 5.74) is 0.436. The number of thiophene rings is 1. The summed E-state index contributed by atoms with van der Waals surface area (Å²) in [5, 5.41) is 12.7. The zero-order chi connectivity index (χ0) is 16.9. The Labute approximate surface area is 143 Å². The zero-order valence-corrected chi connectivity index (χ0v) is 13.9. The van der Waals surface area contributed by atoms with Gasteiger partial charge in [0.25, 0.3) is 11.6 Å². The first-order valence-corrected chi connectivity index (χ1v) is 8.69. The lowest BCUT2D eigenvalue weighted by Crippen LogP contribution is -2.36. The second kappa shape index (κ2) is 7.55. The van der Waals surface area contributed by atoms with Crippen LogP contribution in [0.25, 0.3) is 0 Å². The normalized spacial score (nSPS) is 16.9. The molecule has 2 heterocycles. The maximum absolute atomic E-state index is 12.8. The molecule has 0 saturated carbocycles. The number of ether oxygens (including phenoxy) is 1. The third-order valence-electron chi connectivity index (χ3n) is 3.99. The number of nitrogens with zero attached hydrogens (tertiary/aromatic N) is 2. The van der Waals surface area contributed by atoms with Gasteiger partial charge in [0.05, 0.1) is 17.6 Å². The van der Waals surface area contributed by atoms with Crippen molar-refractivity contribution in [2.45, 2.75) is 25.5 Å². The van der Waals surface area contributed by atoms with Crippen LogP contribution in [0.3, 0.4) is 0 Å². The lowest BCUT2D eigenvalue weighted by molar-refractivity contribution is -0.384. The molecule has 2 aromatic rings. The SMILES string of the molecule is O=C(c1ccc([N+](=O)[O-])cc1)N(Cc1cccs1)CC1CCCO1. The van der Waals surface area contributed by atoms with E-state index in [1.807, 2.05) is 17.5 Å². The molecule has 0 spiro atoms. The molecule has 0 bridgehead atoms. The van der Waals surface area contributed by atoms with E-state index in [0.29, 0.717) is 18.7 Å². The van der Waals surface area contributed by atoms with Gasteiger partial charge in [-0.1, -0.05) is 6.07 Å². The monoisotopic (exact) mass is 346 g/mol. The third-order valence-corrected chi connectivity index (χ3v) is 4.85. The molecule has 1 aromatic heterocycles. The maximum Gasteiger partial charge on any atom is 0.269 e. The van der Waals surface area contributed by atoms with Gasteiger partial charge in [-0.25, -0.2) is 0 Å². The molecular weight excluding hydrogens is 328 g/mol. The van der Waals surface area contributed by atoms with Crippen LogP contribution >= 0.6 is 11.3 Å². The second-order valence-electron chi connectivity index (χ2n) is 5.70. The van der Waals surface area contributed by atoms with Crippen molar-refractivity contribution in [3.8, 4) is 0 Å². The van der Waals surface area contributed by atoms with E-state index in [0.717, 1.165) is 24.3 Å². The van der Waals surface area contributed by atoms with E-state index in [1.165, 1.54) is 24.3 Å². The number of amides is 1. The van der Waals surface area contributed by atoms with Gasteiger partial charge in [0.1, 0.15) is 0 Å². The molecule has 1 amide bonds. The summed E-state index contributed by atoms with van der Waals surface area (Å²) in [5.74, 6) is -0.131. The molecule has 0 N–H and O–H groups in total. The van der Waals surface area contributed by atoms with Crippen molar-refractivity contribution in [3.63, 3.8) is 0 Å². The van der Waals surface area contributed by atoms with Crippen LogP contribution in [0.15, 0.2) is 41.8 Å². The number of carbonyl (C=O) groups is 1. The molecule has 1 atom stereocenters. The Morgan fingerprint density at radius 3 is 2.71 bits per heavy atom. The lowest BCUT2D eigenvalue weighted by atomic mass is 10.1. The fourth-order valence-corrected chi connectivity index (χ4v) is 3.47. The van der Waals surface area contributed by atoms with Crippen LogP contribution in [-0.2, 0) is 11.3 Å². The largest absolute Gasteiger partial charge is 0.376 e. The molecule has 1 unspecified atom stereocenters. The third kappa shape index (κ3) is 3.98. The highest BCUT2D eigenvalue weighted by Crippen LogP contribution is 2.20. The Morgan fingerprint density at radius 1 is 1.33 bits per heavy atom. The van der Waals surface area contributed by atoms with E-state index in [1.54, 1.807) is 16.2 Å². The zero-order valence-electron chi connectivity index (χ0n) is 13.1. The van der Waals surface area contributed by atoms with Crippen molar-refractivity contribution in [1.82, 2.24) is 4.90 Å². The Bertz CT molecular complexity index is 694.